The molecular weight excluding hydrogens is 396 g/mol. The van der Waals surface area contributed by atoms with Crippen LogP contribution in [-0.4, -0.2) is 20.4 Å². The van der Waals surface area contributed by atoms with Crippen molar-refractivity contribution in [3.8, 4) is 34.3 Å². The molecule has 3 aromatic rings. The summed E-state index contributed by atoms with van der Waals surface area (Å²) in [6.07, 6.45) is 6.48. The summed E-state index contributed by atoms with van der Waals surface area (Å²) in [7, 11) is 0. The highest BCUT2D eigenvalue weighted by Gasteiger charge is 2.16. The fraction of sp³-hybridized carbons (Fsp3) is 0.240. The zero-order valence-corrected chi connectivity index (χ0v) is 17.8. The van der Waals surface area contributed by atoms with Gasteiger partial charge in [-0.25, -0.2) is 0 Å². The fourth-order valence-corrected chi connectivity index (χ4v) is 3.34. The Labute approximate surface area is 180 Å². The van der Waals surface area contributed by atoms with Gasteiger partial charge in [0.1, 0.15) is 39.7 Å². The van der Waals surface area contributed by atoms with Gasteiger partial charge < -0.3 is 24.8 Å². The molecule has 4 N–H and O–H groups in total. The number of hydrogen-bond donors (Lipinski definition) is 4. The highest BCUT2D eigenvalue weighted by Crippen LogP contribution is 2.37. The van der Waals surface area contributed by atoms with Crippen LogP contribution >= 0.6 is 0 Å². The predicted octanol–water partition coefficient (Wildman–Crippen LogP) is 5.52. The number of aromatic hydroxyl groups is 4. The molecule has 0 fully saturated rings. The lowest BCUT2D eigenvalue weighted by atomic mass is 10.0. The van der Waals surface area contributed by atoms with E-state index in [1.807, 2.05) is 13.0 Å². The summed E-state index contributed by atoms with van der Waals surface area (Å²) in [5, 5.41) is 40.2. The van der Waals surface area contributed by atoms with Crippen LogP contribution in [0.2, 0.25) is 0 Å². The van der Waals surface area contributed by atoms with Gasteiger partial charge >= 0.3 is 0 Å². The highest BCUT2D eigenvalue weighted by atomic mass is 16.3. The molecule has 6 heteroatoms. The first-order chi connectivity index (χ1) is 14.7. The van der Waals surface area contributed by atoms with Gasteiger partial charge in [-0.05, 0) is 51.7 Å². The van der Waals surface area contributed by atoms with E-state index in [4.69, 9.17) is 4.42 Å². The van der Waals surface area contributed by atoms with Crippen molar-refractivity contribution >= 4 is 11.0 Å². The van der Waals surface area contributed by atoms with Gasteiger partial charge in [0.15, 0.2) is 5.43 Å². The third-order valence-electron chi connectivity index (χ3n) is 5.02. The van der Waals surface area contributed by atoms with E-state index in [0.29, 0.717) is 12.0 Å². The Morgan fingerprint density at radius 2 is 1.65 bits per heavy atom. The van der Waals surface area contributed by atoms with Crippen LogP contribution in [0.15, 0.2) is 62.8 Å². The Kier molecular flexibility index (Phi) is 6.39. The molecule has 0 spiro atoms. The standard InChI is InChI=1S/C25H26O6/c1-14(2)5-4-6-15(3)7-8-16-9-18(20(28)12-19(16)27)23-13-22(30)25-21(29)10-17(26)11-24(25)31-23/h5,7,9-13,26-29H,4,6,8H2,1-3H3/b15-7+. The van der Waals surface area contributed by atoms with Gasteiger partial charge in [0.2, 0.25) is 0 Å². The van der Waals surface area contributed by atoms with Crippen LogP contribution in [0.25, 0.3) is 22.3 Å². The van der Waals surface area contributed by atoms with Gasteiger partial charge in [0, 0.05) is 24.3 Å². The maximum Gasteiger partial charge on any atom is 0.197 e. The summed E-state index contributed by atoms with van der Waals surface area (Å²) in [5.41, 5.74) is 2.71. The van der Waals surface area contributed by atoms with Crippen molar-refractivity contribution in [2.45, 2.75) is 40.0 Å². The van der Waals surface area contributed by atoms with E-state index in [0.717, 1.165) is 25.0 Å². The minimum absolute atomic E-state index is 0.0102. The van der Waals surface area contributed by atoms with E-state index >= 15 is 0 Å². The molecule has 6 nitrogen and oxygen atoms in total. The van der Waals surface area contributed by atoms with Crippen LogP contribution in [0.4, 0.5) is 0 Å². The third kappa shape index (κ3) is 5.09. The molecule has 1 aromatic heterocycles. The molecule has 2 aromatic carbocycles. The normalized spacial score (nSPS) is 11.6. The lowest BCUT2D eigenvalue weighted by molar-refractivity contribution is 0.446. The maximum atomic E-state index is 12.5. The number of benzene rings is 2. The number of phenols is 4. The molecule has 0 saturated carbocycles. The van der Waals surface area contributed by atoms with Crippen molar-refractivity contribution in [3.63, 3.8) is 0 Å². The van der Waals surface area contributed by atoms with Gasteiger partial charge in [-0.1, -0.05) is 23.3 Å². The minimum Gasteiger partial charge on any atom is -0.508 e. The zero-order valence-electron chi connectivity index (χ0n) is 17.8. The van der Waals surface area contributed by atoms with Gasteiger partial charge in [0.25, 0.3) is 0 Å². The van der Waals surface area contributed by atoms with Crippen molar-refractivity contribution < 1.29 is 24.8 Å². The van der Waals surface area contributed by atoms with Crippen LogP contribution in [0.1, 0.15) is 39.2 Å². The Balaban J connectivity index is 1.98. The van der Waals surface area contributed by atoms with Crippen LogP contribution in [0.5, 0.6) is 23.0 Å². The quantitative estimate of drug-likeness (QED) is 0.389. The van der Waals surface area contributed by atoms with Crippen molar-refractivity contribution in [3.05, 3.63) is 69.4 Å². The molecule has 0 aliphatic rings. The first-order valence-electron chi connectivity index (χ1n) is 9.99. The molecule has 0 aliphatic carbocycles. The highest BCUT2D eigenvalue weighted by molar-refractivity contribution is 5.86. The van der Waals surface area contributed by atoms with Crippen LogP contribution < -0.4 is 5.43 Å². The fourth-order valence-electron chi connectivity index (χ4n) is 3.34. The predicted molar refractivity (Wildman–Crippen MR) is 121 cm³/mol. The second-order valence-corrected chi connectivity index (χ2v) is 7.89. The Hall–Kier alpha value is -3.67. The number of fused-ring (bicyclic) bond motifs is 1. The molecule has 0 radical (unpaired) electrons. The number of allylic oxidation sites excluding steroid dienone is 4. The molecule has 31 heavy (non-hydrogen) atoms. The number of phenolic OH excluding ortho intramolecular Hbond substituents is 4. The van der Waals surface area contributed by atoms with Gasteiger partial charge in [-0.2, -0.15) is 0 Å². The van der Waals surface area contributed by atoms with Crippen LogP contribution in [0.3, 0.4) is 0 Å². The molecule has 1 heterocycles. The average molecular weight is 422 g/mol. The number of hydrogen-bond acceptors (Lipinski definition) is 6. The van der Waals surface area contributed by atoms with E-state index < -0.39 is 5.43 Å². The monoisotopic (exact) mass is 422 g/mol. The van der Waals surface area contributed by atoms with E-state index in [2.05, 4.69) is 19.9 Å². The minimum atomic E-state index is -0.516. The van der Waals surface area contributed by atoms with Crippen LogP contribution in [-0.2, 0) is 6.42 Å². The van der Waals surface area contributed by atoms with Crippen LogP contribution in [0, 0.1) is 0 Å². The summed E-state index contributed by atoms with van der Waals surface area (Å²) < 4.78 is 5.68. The molecular formula is C25H26O6. The largest absolute Gasteiger partial charge is 0.508 e. The van der Waals surface area contributed by atoms with Crippen molar-refractivity contribution in [2.24, 2.45) is 0 Å². The SMILES string of the molecule is CC(C)=CCC/C(C)=C/Cc1cc(-c2cc(=O)c3c(O)cc(O)cc3o2)c(O)cc1O. The molecule has 162 valence electrons. The lowest BCUT2D eigenvalue weighted by Crippen LogP contribution is -2.01. The molecule has 0 atom stereocenters. The van der Waals surface area contributed by atoms with E-state index in [1.54, 1.807) is 6.07 Å². The van der Waals surface area contributed by atoms with E-state index in [-0.39, 0.29) is 45.3 Å². The molecule has 0 amide bonds. The summed E-state index contributed by atoms with van der Waals surface area (Å²) >= 11 is 0. The van der Waals surface area contributed by atoms with E-state index in [1.165, 1.54) is 23.3 Å². The van der Waals surface area contributed by atoms with Crippen molar-refractivity contribution in [1.29, 1.82) is 0 Å². The van der Waals surface area contributed by atoms with Gasteiger partial charge in [-0.15, -0.1) is 0 Å². The first kappa shape index (κ1) is 22.0. The summed E-state index contributed by atoms with van der Waals surface area (Å²) in [4.78, 5) is 12.5. The molecule has 0 unspecified atom stereocenters. The molecule has 0 saturated heterocycles. The second-order valence-electron chi connectivity index (χ2n) is 7.89. The Bertz CT molecular complexity index is 1240. The first-order valence-corrected chi connectivity index (χ1v) is 9.99. The second kappa shape index (κ2) is 9.00. The summed E-state index contributed by atoms with van der Waals surface area (Å²) in [5.74, 6) is -0.898. The summed E-state index contributed by atoms with van der Waals surface area (Å²) in [6, 6.07) is 6.21. The number of rotatable bonds is 6. The van der Waals surface area contributed by atoms with Gasteiger partial charge in [-0.3, -0.25) is 4.79 Å². The molecule has 0 aliphatic heterocycles. The topological polar surface area (TPSA) is 111 Å². The molecule has 0 bridgehead atoms. The lowest BCUT2D eigenvalue weighted by Gasteiger charge is -2.10. The van der Waals surface area contributed by atoms with Crippen molar-refractivity contribution in [2.75, 3.05) is 0 Å². The average Bonchev–Trinajstić information content (AvgIpc) is 2.66. The molecule has 3 rings (SSSR count). The smallest absolute Gasteiger partial charge is 0.197 e. The maximum absolute atomic E-state index is 12.5. The van der Waals surface area contributed by atoms with Crippen molar-refractivity contribution in [1.82, 2.24) is 0 Å². The van der Waals surface area contributed by atoms with E-state index in [9.17, 15) is 25.2 Å². The summed E-state index contributed by atoms with van der Waals surface area (Å²) in [6.45, 7) is 6.14. The Morgan fingerprint density at radius 1 is 0.903 bits per heavy atom. The third-order valence-corrected chi connectivity index (χ3v) is 5.02. The zero-order chi connectivity index (χ0) is 22.7. The van der Waals surface area contributed by atoms with Gasteiger partial charge in [0.05, 0.1) is 5.56 Å². The Morgan fingerprint density at radius 3 is 2.35 bits per heavy atom.